The molecule has 0 saturated carbocycles. The summed E-state index contributed by atoms with van der Waals surface area (Å²) in [6.45, 7) is 0.336. The van der Waals surface area contributed by atoms with Crippen LogP contribution >= 0.6 is 11.6 Å². The topological polar surface area (TPSA) is 70.7 Å². The number of aromatic amines is 1. The van der Waals surface area contributed by atoms with Gasteiger partial charge in [0, 0.05) is 24.0 Å². The number of imidazole rings is 1. The molecule has 6 heteroatoms. The Morgan fingerprint density at radius 1 is 1.25 bits per heavy atom. The average Bonchev–Trinajstić information content (AvgIpc) is 2.99. The maximum absolute atomic E-state index is 12.2. The van der Waals surface area contributed by atoms with Crippen LogP contribution in [-0.4, -0.2) is 20.9 Å². The lowest BCUT2D eigenvalue weighted by molar-refractivity contribution is 0.0951. The van der Waals surface area contributed by atoms with Gasteiger partial charge in [-0.3, -0.25) is 4.79 Å². The first-order valence-corrected chi connectivity index (χ1v) is 6.43. The number of hydrogen-bond acceptors (Lipinski definition) is 3. The molecule has 3 rings (SSSR count). The quantitative estimate of drug-likeness (QED) is 0.727. The SMILES string of the molecule is O=C(NCc1ncc[nH]1)c1cnc(Cl)c2ccccc12. The van der Waals surface area contributed by atoms with Gasteiger partial charge in [0.1, 0.15) is 11.0 Å². The second-order valence-corrected chi connectivity index (χ2v) is 4.58. The standard InChI is InChI=1S/C14H11ClN4O/c15-13-10-4-2-1-3-9(10)11(7-18-13)14(20)19-8-12-16-5-6-17-12/h1-7H,8H2,(H,16,17)(H,19,20). The van der Waals surface area contributed by atoms with E-state index in [2.05, 4.69) is 20.3 Å². The van der Waals surface area contributed by atoms with Gasteiger partial charge in [0.05, 0.1) is 12.1 Å². The summed E-state index contributed by atoms with van der Waals surface area (Å²) >= 11 is 6.03. The van der Waals surface area contributed by atoms with Crippen molar-refractivity contribution in [3.8, 4) is 0 Å². The van der Waals surface area contributed by atoms with Crippen molar-refractivity contribution in [3.63, 3.8) is 0 Å². The van der Waals surface area contributed by atoms with Crippen LogP contribution in [0.4, 0.5) is 0 Å². The molecule has 0 atom stereocenters. The summed E-state index contributed by atoms with van der Waals surface area (Å²) in [7, 11) is 0. The monoisotopic (exact) mass is 286 g/mol. The maximum Gasteiger partial charge on any atom is 0.253 e. The highest BCUT2D eigenvalue weighted by atomic mass is 35.5. The lowest BCUT2D eigenvalue weighted by atomic mass is 10.1. The zero-order chi connectivity index (χ0) is 13.9. The number of H-pyrrole nitrogens is 1. The zero-order valence-electron chi connectivity index (χ0n) is 10.4. The molecule has 0 aliphatic rings. The van der Waals surface area contributed by atoms with Crippen LogP contribution in [0.2, 0.25) is 5.15 Å². The minimum atomic E-state index is -0.207. The Morgan fingerprint density at radius 2 is 2.05 bits per heavy atom. The molecule has 0 radical (unpaired) electrons. The predicted molar refractivity (Wildman–Crippen MR) is 76.5 cm³/mol. The van der Waals surface area contributed by atoms with Crippen LogP contribution in [0.15, 0.2) is 42.9 Å². The van der Waals surface area contributed by atoms with E-state index in [0.717, 1.165) is 10.8 Å². The Morgan fingerprint density at radius 3 is 2.80 bits per heavy atom. The fraction of sp³-hybridized carbons (Fsp3) is 0.0714. The average molecular weight is 287 g/mol. The van der Waals surface area contributed by atoms with E-state index in [1.165, 1.54) is 6.20 Å². The van der Waals surface area contributed by atoms with E-state index in [-0.39, 0.29) is 5.91 Å². The normalized spacial score (nSPS) is 10.7. The number of carbonyl (C=O) groups is 1. The van der Waals surface area contributed by atoms with Crippen LogP contribution in [0.5, 0.6) is 0 Å². The molecule has 5 nitrogen and oxygen atoms in total. The Labute approximate surface area is 120 Å². The number of nitrogens with zero attached hydrogens (tertiary/aromatic N) is 2. The highest BCUT2D eigenvalue weighted by Gasteiger charge is 2.12. The van der Waals surface area contributed by atoms with Crippen LogP contribution in [0.3, 0.4) is 0 Å². The molecule has 0 saturated heterocycles. The Kier molecular flexibility index (Phi) is 3.35. The smallest absolute Gasteiger partial charge is 0.253 e. The van der Waals surface area contributed by atoms with Crippen LogP contribution in [0.25, 0.3) is 10.8 Å². The molecule has 0 unspecified atom stereocenters. The first-order chi connectivity index (χ1) is 9.75. The van der Waals surface area contributed by atoms with Crippen molar-refractivity contribution in [2.45, 2.75) is 6.54 Å². The van der Waals surface area contributed by atoms with Crippen LogP contribution in [0.1, 0.15) is 16.2 Å². The van der Waals surface area contributed by atoms with Gasteiger partial charge in [-0.05, 0) is 5.39 Å². The first kappa shape index (κ1) is 12.6. The Hall–Kier alpha value is -2.40. The largest absolute Gasteiger partial charge is 0.347 e. The van der Waals surface area contributed by atoms with Crippen molar-refractivity contribution in [3.05, 3.63) is 59.4 Å². The second kappa shape index (κ2) is 5.30. The van der Waals surface area contributed by atoms with Crippen LogP contribution in [0, 0.1) is 0 Å². The molecule has 1 aromatic carbocycles. The minimum Gasteiger partial charge on any atom is -0.347 e. The minimum absolute atomic E-state index is 0.207. The van der Waals surface area contributed by atoms with Gasteiger partial charge >= 0.3 is 0 Å². The second-order valence-electron chi connectivity index (χ2n) is 4.23. The number of aromatic nitrogens is 3. The molecule has 0 bridgehead atoms. The highest BCUT2D eigenvalue weighted by Crippen LogP contribution is 2.24. The summed E-state index contributed by atoms with van der Waals surface area (Å²) < 4.78 is 0. The van der Waals surface area contributed by atoms with Gasteiger partial charge in [0.15, 0.2) is 0 Å². The number of pyridine rings is 1. The van der Waals surface area contributed by atoms with E-state index in [1.54, 1.807) is 12.4 Å². The van der Waals surface area contributed by atoms with E-state index in [1.807, 2.05) is 24.3 Å². The number of halogens is 1. The van der Waals surface area contributed by atoms with E-state index in [9.17, 15) is 4.79 Å². The number of fused-ring (bicyclic) bond motifs is 1. The number of nitrogens with one attached hydrogen (secondary N) is 2. The first-order valence-electron chi connectivity index (χ1n) is 6.05. The summed E-state index contributed by atoms with van der Waals surface area (Å²) in [5.74, 6) is 0.492. The third-order valence-corrected chi connectivity index (χ3v) is 3.26. The van der Waals surface area contributed by atoms with E-state index in [4.69, 9.17) is 11.6 Å². The number of rotatable bonds is 3. The molecular formula is C14H11ClN4O. The van der Waals surface area contributed by atoms with Gasteiger partial charge in [-0.1, -0.05) is 35.9 Å². The number of hydrogen-bond donors (Lipinski definition) is 2. The molecule has 2 aromatic heterocycles. The van der Waals surface area contributed by atoms with Gasteiger partial charge in [0.2, 0.25) is 0 Å². The molecule has 0 fully saturated rings. The summed E-state index contributed by atoms with van der Waals surface area (Å²) in [5, 5.41) is 4.73. The maximum atomic E-state index is 12.2. The van der Waals surface area contributed by atoms with Crippen LogP contribution in [-0.2, 0) is 6.54 Å². The summed E-state index contributed by atoms with van der Waals surface area (Å²) in [5.41, 5.74) is 0.497. The molecular weight excluding hydrogens is 276 g/mol. The van der Waals surface area contributed by atoms with Gasteiger partial charge in [-0.25, -0.2) is 9.97 Å². The molecule has 1 amide bonds. The van der Waals surface area contributed by atoms with Gasteiger partial charge in [-0.15, -0.1) is 0 Å². The summed E-state index contributed by atoms with van der Waals surface area (Å²) in [4.78, 5) is 23.3. The summed E-state index contributed by atoms with van der Waals surface area (Å²) in [6.07, 6.45) is 4.84. The molecule has 100 valence electrons. The fourth-order valence-electron chi connectivity index (χ4n) is 1.99. The van der Waals surface area contributed by atoms with Crippen molar-refractivity contribution in [2.75, 3.05) is 0 Å². The van der Waals surface area contributed by atoms with Crippen molar-refractivity contribution < 1.29 is 4.79 Å². The van der Waals surface area contributed by atoms with Crippen LogP contribution < -0.4 is 5.32 Å². The molecule has 20 heavy (non-hydrogen) atoms. The lowest BCUT2D eigenvalue weighted by Gasteiger charge is -2.07. The third kappa shape index (κ3) is 2.35. The Bertz CT molecular complexity index is 755. The number of benzene rings is 1. The van der Waals surface area contributed by atoms with E-state index < -0.39 is 0 Å². The molecule has 2 heterocycles. The number of amides is 1. The number of carbonyl (C=O) groups excluding carboxylic acids is 1. The predicted octanol–water partition coefficient (Wildman–Crippen LogP) is 2.54. The van der Waals surface area contributed by atoms with Crippen molar-refractivity contribution in [2.24, 2.45) is 0 Å². The molecule has 2 N–H and O–H groups in total. The Balaban J connectivity index is 1.90. The molecule has 0 aliphatic heterocycles. The summed E-state index contributed by atoms with van der Waals surface area (Å²) in [6, 6.07) is 7.42. The molecule has 0 spiro atoms. The van der Waals surface area contributed by atoms with Crippen molar-refractivity contribution in [1.29, 1.82) is 0 Å². The van der Waals surface area contributed by atoms with Gasteiger partial charge < -0.3 is 10.3 Å². The fourth-order valence-corrected chi connectivity index (χ4v) is 2.21. The lowest BCUT2D eigenvalue weighted by Crippen LogP contribution is -2.23. The highest BCUT2D eigenvalue weighted by molar-refractivity contribution is 6.34. The van der Waals surface area contributed by atoms with Gasteiger partial charge in [-0.2, -0.15) is 0 Å². The van der Waals surface area contributed by atoms with Crippen molar-refractivity contribution >= 4 is 28.3 Å². The van der Waals surface area contributed by atoms with Gasteiger partial charge in [0.25, 0.3) is 5.91 Å². The van der Waals surface area contributed by atoms with E-state index >= 15 is 0 Å². The molecule has 3 aromatic rings. The van der Waals surface area contributed by atoms with E-state index in [0.29, 0.717) is 23.1 Å². The molecule has 0 aliphatic carbocycles. The third-order valence-electron chi connectivity index (χ3n) is 2.96. The van der Waals surface area contributed by atoms with Crippen molar-refractivity contribution in [1.82, 2.24) is 20.3 Å². The zero-order valence-corrected chi connectivity index (χ0v) is 11.2.